The number of hydrogen-bond donors (Lipinski definition) is 3. The molecule has 3 rings (SSSR count). The van der Waals surface area contributed by atoms with Crippen LogP contribution in [0, 0.1) is 5.92 Å². The highest BCUT2D eigenvalue weighted by molar-refractivity contribution is 5.97. The molecule has 0 saturated carbocycles. The molecule has 0 aromatic heterocycles. The van der Waals surface area contributed by atoms with E-state index >= 15 is 0 Å². The van der Waals surface area contributed by atoms with Gasteiger partial charge in [0.2, 0.25) is 5.91 Å². The summed E-state index contributed by atoms with van der Waals surface area (Å²) >= 11 is 0. The Hall–Kier alpha value is -3.28. The molecule has 2 aromatic carbocycles. The normalized spacial score (nSPS) is 19.7. The first-order chi connectivity index (χ1) is 18.9. The third-order valence-electron chi connectivity index (χ3n) is 6.99. The molecule has 0 radical (unpaired) electrons. The molecule has 8 nitrogen and oxygen atoms in total. The number of methoxy groups -OCH3 is 1. The second-order valence-corrected chi connectivity index (χ2v) is 10.2. The van der Waals surface area contributed by atoms with Crippen LogP contribution in [0.4, 0.5) is 13.2 Å². The number of amides is 1. The fourth-order valence-electron chi connectivity index (χ4n) is 4.34. The molecule has 1 heterocycles. The maximum Gasteiger partial charge on any atom is 0.406 e. The van der Waals surface area contributed by atoms with Gasteiger partial charge in [-0.2, -0.15) is 13.2 Å². The number of ketones is 2. The van der Waals surface area contributed by atoms with Gasteiger partial charge in [0.25, 0.3) is 0 Å². The Balaban J connectivity index is 1.81. The predicted octanol–water partition coefficient (Wildman–Crippen LogP) is 2.80. The van der Waals surface area contributed by atoms with Gasteiger partial charge in [-0.05, 0) is 49.9 Å². The third kappa shape index (κ3) is 8.61. The van der Waals surface area contributed by atoms with E-state index in [1.54, 1.807) is 31.2 Å². The molecule has 1 aliphatic heterocycles. The van der Waals surface area contributed by atoms with E-state index in [9.17, 15) is 27.6 Å². The third-order valence-corrected chi connectivity index (χ3v) is 6.99. The number of aliphatic hydroxyl groups excluding tert-OH is 1. The molecule has 5 unspecified atom stereocenters. The van der Waals surface area contributed by atoms with Crippen LogP contribution in [0.25, 0.3) is 0 Å². The maximum absolute atomic E-state index is 13.6. The highest BCUT2D eigenvalue weighted by Gasteiger charge is 2.50. The van der Waals surface area contributed by atoms with Crippen LogP contribution in [0.3, 0.4) is 0 Å². The molecule has 1 saturated heterocycles. The molecule has 0 aliphatic carbocycles. The molecule has 1 aliphatic rings. The first-order valence-electron chi connectivity index (χ1n) is 13.0. The van der Waals surface area contributed by atoms with Crippen LogP contribution >= 0.6 is 0 Å². The number of carbonyl (C=O) groups excluding carboxylic acids is 3. The van der Waals surface area contributed by atoms with Crippen molar-refractivity contribution in [3.8, 4) is 5.75 Å². The van der Waals surface area contributed by atoms with Gasteiger partial charge in [0.05, 0.1) is 32.4 Å². The molecule has 1 amide bonds. The lowest BCUT2D eigenvalue weighted by atomic mass is 9.89. The molecule has 0 bridgehead atoms. The van der Waals surface area contributed by atoms with Crippen molar-refractivity contribution in [2.75, 3.05) is 20.3 Å². The SMILES string of the molecule is COc1ccc(CC(CC(=O)C(C)NC(CO)C(F)(F)F)C(=O)NC(Cc2ccccc2)C(=O)C2(C)CO2)cc1. The minimum atomic E-state index is -4.75. The molecule has 40 heavy (non-hydrogen) atoms. The van der Waals surface area contributed by atoms with E-state index in [4.69, 9.17) is 14.6 Å². The van der Waals surface area contributed by atoms with Crippen LogP contribution in [-0.4, -0.2) is 72.8 Å². The second-order valence-electron chi connectivity index (χ2n) is 10.2. The summed E-state index contributed by atoms with van der Waals surface area (Å²) in [5.41, 5.74) is 0.498. The molecule has 11 heteroatoms. The summed E-state index contributed by atoms with van der Waals surface area (Å²) < 4.78 is 49.9. The molecule has 2 aromatic rings. The molecule has 218 valence electrons. The van der Waals surface area contributed by atoms with E-state index in [2.05, 4.69) is 10.6 Å². The van der Waals surface area contributed by atoms with E-state index in [0.29, 0.717) is 11.3 Å². The van der Waals surface area contributed by atoms with Crippen molar-refractivity contribution in [3.63, 3.8) is 0 Å². The molecule has 0 spiro atoms. The number of benzene rings is 2. The zero-order chi connectivity index (χ0) is 29.5. The first-order valence-corrected chi connectivity index (χ1v) is 13.0. The average Bonchev–Trinajstić information content (AvgIpc) is 3.68. The molecule has 1 fully saturated rings. The molecule has 5 atom stereocenters. The van der Waals surface area contributed by atoms with Crippen molar-refractivity contribution in [1.82, 2.24) is 10.6 Å². The maximum atomic E-state index is 13.6. The Morgan fingerprint density at radius 1 is 1.05 bits per heavy atom. The number of ether oxygens (including phenoxy) is 2. The van der Waals surface area contributed by atoms with Crippen LogP contribution in [0.1, 0.15) is 31.4 Å². The van der Waals surface area contributed by atoms with Gasteiger partial charge in [-0.3, -0.25) is 19.7 Å². The van der Waals surface area contributed by atoms with Gasteiger partial charge in [0.1, 0.15) is 23.2 Å². The summed E-state index contributed by atoms with van der Waals surface area (Å²) in [6.45, 7) is 1.89. The van der Waals surface area contributed by atoms with Crippen LogP contribution in [-0.2, 0) is 32.0 Å². The number of Topliss-reactive ketones (excluding diaryl/α,β-unsaturated/α-hetero) is 2. The minimum Gasteiger partial charge on any atom is -0.497 e. The van der Waals surface area contributed by atoms with Crippen LogP contribution in [0.5, 0.6) is 5.75 Å². The predicted molar refractivity (Wildman–Crippen MR) is 141 cm³/mol. The Morgan fingerprint density at radius 2 is 1.65 bits per heavy atom. The van der Waals surface area contributed by atoms with Crippen molar-refractivity contribution in [3.05, 3.63) is 65.7 Å². The highest BCUT2D eigenvalue weighted by atomic mass is 19.4. The van der Waals surface area contributed by atoms with Crippen molar-refractivity contribution < 1.29 is 42.1 Å². The highest BCUT2D eigenvalue weighted by Crippen LogP contribution is 2.29. The quantitative estimate of drug-likeness (QED) is 0.285. The second kappa shape index (κ2) is 13.4. The number of epoxide rings is 1. The van der Waals surface area contributed by atoms with Crippen molar-refractivity contribution in [1.29, 1.82) is 0 Å². The van der Waals surface area contributed by atoms with E-state index in [0.717, 1.165) is 5.56 Å². The van der Waals surface area contributed by atoms with Gasteiger partial charge >= 0.3 is 6.18 Å². The van der Waals surface area contributed by atoms with Crippen LogP contribution < -0.4 is 15.4 Å². The number of alkyl halides is 3. The molecular weight excluding hydrogens is 529 g/mol. The Bertz CT molecular complexity index is 1150. The van der Waals surface area contributed by atoms with Gasteiger partial charge in [-0.15, -0.1) is 0 Å². The summed E-state index contributed by atoms with van der Waals surface area (Å²) in [5, 5.41) is 14.0. The van der Waals surface area contributed by atoms with Gasteiger partial charge in [-0.1, -0.05) is 42.5 Å². The monoisotopic (exact) mass is 564 g/mol. The summed E-state index contributed by atoms with van der Waals surface area (Å²) in [7, 11) is 1.51. The van der Waals surface area contributed by atoms with E-state index < -0.39 is 54.1 Å². The Labute approximate surface area is 231 Å². The lowest BCUT2D eigenvalue weighted by molar-refractivity contribution is -0.166. The van der Waals surface area contributed by atoms with E-state index in [1.165, 1.54) is 14.0 Å². The summed E-state index contributed by atoms with van der Waals surface area (Å²) in [6, 6.07) is 11.4. The standard InChI is InChI=1S/C29H35F3N2O6/c1-18(33-25(16-35)29(30,31)32)24(36)15-21(13-20-9-11-22(39-3)12-10-20)27(38)34-23(26(37)28(2)17-40-28)14-19-7-5-4-6-8-19/h4-12,18,21,23,25,33,35H,13-17H2,1-3H3,(H,34,38). The van der Waals surface area contributed by atoms with Gasteiger partial charge in [0.15, 0.2) is 5.78 Å². The Kier molecular flexibility index (Phi) is 10.5. The fourth-order valence-corrected chi connectivity index (χ4v) is 4.34. The van der Waals surface area contributed by atoms with Crippen molar-refractivity contribution in [2.45, 2.75) is 63.0 Å². The average molecular weight is 565 g/mol. The van der Waals surface area contributed by atoms with E-state index in [1.807, 2.05) is 30.3 Å². The van der Waals surface area contributed by atoms with Gasteiger partial charge < -0.3 is 19.9 Å². The Morgan fingerprint density at radius 3 is 2.17 bits per heavy atom. The summed E-state index contributed by atoms with van der Waals surface area (Å²) in [6.07, 6.45) is -4.84. The lowest BCUT2D eigenvalue weighted by Crippen LogP contribution is -2.52. The number of rotatable bonds is 15. The molecule has 3 N–H and O–H groups in total. The summed E-state index contributed by atoms with van der Waals surface area (Å²) in [4.78, 5) is 39.8. The van der Waals surface area contributed by atoms with Crippen molar-refractivity contribution in [2.24, 2.45) is 5.92 Å². The topological polar surface area (TPSA) is 117 Å². The number of hydrogen-bond acceptors (Lipinski definition) is 7. The zero-order valence-electron chi connectivity index (χ0n) is 22.7. The van der Waals surface area contributed by atoms with Crippen LogP contribution in [0.2, 0.25) is 0 Å². The summed E-state index contributed by atoms with van der Waals surface area (Å²) in [5.74, 6) is -1.91. The lowest BCUT2D eigenvalue weighted by Gasteiger charge is -2.26. The number of carbonyl (C=O) groups is 3. The number of aliphatic hydroxyl groups is 1. The number of nitrogens with one attached hydrogen (secondary N) is 2. The smallest absolute Gasteiger partial charge is 0.406 e. The number of halogens is 3. The van der Waals surface area contributed by atoms with Crippen LogP contribution in [0.15, 0.2) is 54.6 Å². The first kappa shape index (κ1) is 31.3. The van der Waals surface area contributed by atoms with Gasteiger partial charge in [0, 0.05) is 12.3 Å². The van der Waals surface area contributed by atoms with E-state index in [-0.39, 0.29) is 31.7 Å². The minimum absolute atomic E-state index is 0.0942. The zero-order valence-corrected chi connectivity index (χ0v) is 22.7. The fraction of sp³-hybridized carbons (Fsp3) is 0.483. The largest absolute Gasteiger partial charge is 0.497 e. The molecular formula is C29H35F3N2O6. The van der Waals surface area contributed by atoms with Gasteiger partial charge in [-0.25, -0.2) is 0 Å². The van der Waals surface area contributed by atoms with Crippen molar-refractivity contribution >= 4 is 17.5 Å².